The minimum Gasteiger partial charge on any atom is -0.433 e. The van der Waals surface area contributed by atoms with Crippen LogP contribution in [0.3, 0.4) is 0 Å². The monoisotopic (exact) mass is 395 g/mol. The highest BCUT2D eigenvalue weighted by atomic mass is 32.2. The van der Waals surface area contributed by atoms with Crippen molar-refractivity contribution >= 4 is 21.9 Å². The molecule has 0 spiro atoms. The number of hydrogen-bond donors (Lipinski definition) is 0. The highest BCUT2D eigenvalue weighted by molar-refractivity contribution is 7.92. The quantitative estimate of drug-likeness (QED) is 0.753. The van der Waals surface area contributed by atoms with Crippen LogP contribution < -0.4 is 9.64 Å². The van der Waals surface area contributed by atoms with Crippen LogP contribution in [0.5, 0.6) is 5.75 Å². The smallest absolute Gasteiger partial charge is 0.387 e. The molecule has 0 aliphatic carbocycles. The first-order valence-electron chi connectivity index (χ1n) is 8.33. The summed E-state index contributed by atoms with van der Waals surface area (Å²) in [4.78, 5) is 6.01. The molecule has 3 rings (SSSR count). The van der Waals surface area contributed by atoms with E-state index in [-0.39, 0.29) is 5.75 Å². The Kier molecular flexibility index (Phi) is 6.02. The molecule has 27 heavy (non-hydrogen) atoms. The van der Waals surface area contributed by atoms with E-state index in [2.05, 4.69) is 9.72 Å². The number of ether oxygens (including phenoxy) is 1. The first-order chi connectivity index (χ1) is 12.9. The Labute approximate surface area is 156 Å². The van der Waals surface area contributed by atoms with Gasteiger partial charge in [0.25, 0.3) is 0 Å². The maximum absolute atomic E-state index is 12.5. The van der Waals surface area contributed by atoms with Gasteiger partial charge in [-0.05, 0) is 23.8 Å². The zero-order valence-corrected chi connectivity index (χ0v) is 15.2. The molecule has 0 radical (unpaired) electrons. The maximum atomic E-state index is 12.5. The summed E-state index contributed by atoms with van der Waals surface area (Å²) in [6.07, 6.45) is 2.80. The van der Waals surface area contributed by atoms with Crippen LogP contribution in [0.4, 0.5) is 14.6 Å². The molecule has 1 aliphatic heterocycles. The number of aromatic nitrogens is 1. The van der Waals surface area contributed by atoms with Gasteiger partial charge in [0.1, 0.15) is 11.6 Å². The van der Waals surface area contributed by atoms with E-state index >= 15 is 0 Å². The van der Waals surface area contributed by atoms with Gasteiger partial charge in [0.2, 0.25) is 10.0 Å². The van der Waals surface area contributed by atoms with E-state index in [0.717, 1.165) is 5.56 Å². The van der Waals surface area contributed by atoms with Crippen molar-refractivity contribution in [2.45, 2.75) is 6.61 Å². The number of anilines is 1. The van der Waals surface area contributed by atoms with Crippen LogP contribution in [-0.2, 0) is 10.0 Å². The molecular weight excluding hydrogens is 376 g/mol. The van der Waals surface area contributed by atoms with Crippen LogP contribution in [0.25, 0.3) is 6.08 Å². The van der Waals surface area contributed by atoms with Crippen LogP contribution >= 0.6 is 0 Å². The Morgan fingerprint density at radius 1 is 1.04 bits per heavy atom. The summed E-state index contributed by atoms with van der Waals surface area (Å²) in [7, 11) is -3.50. The van der Waals surface area contributed by atoms with Crippen molar-refractivity contribution in [3.05, 3.63) is 59.6 Å². The Morgan fingerprint density at radius 2 is 1.74 bits per heavy atom. The number of benzene rings is 1. The van der Waals surface area contributed by atoms with E-state index in [4.69, 9.17) is 0 Å². The topological polar surface area (TPSA) is 62.7 Å². The lowest BCUT2D eigenvalue weighted by atomic mass is 10.2. The second kappa shape index (κ2) is 8.45. The normalized spacial score (nSPS) is 16.2. The molecule has 1 fully saturated rings. The van der Waals surface area contributed by atoms with Crippen LogP contribution in [0, 0.1) is 0 Å². The van der Waals surface area contributed by atoms with Gasteiger partial charge in [0, 0.05) is 31.6 Å². The fourth-order valence-electron chi connectivity index (χ4n) is 2.72. The molecule has 0 bridgehead atoms. The molecule has 9 heteroatoms. The second-order valence-electron chi connectivity index (χ2n) is 5.88. The Balaban J connectivity index is 1.58. The fourth-order valence-corrected chi connectivity index (χ4v) is 3.89. The predicted octanol–water partition coefficient (Wildman–Crippen LogP) is 2.81. The van der Waals surface area contributed by atoms with Crippen molar-refractivity contribution in [2.24, 2.45) is 0 Å². The summed E-state index contributed by atoms with van der Waals surface area (Å²) in [6, 6.07) is 12.2. The molecule has 1 aliphatic rings. The van der Waals surface area contributed by atoms with Crippen molar-refractivity contribution in [1.29, 1.82) is 0 Å². The number of pyridine rings is 1. The minimum absolute atomic E-state index is 0.0130. The number of piperazine rings is 1. The van der Waals surface area contributed by atoms with Crippen LogP contribution in [0.1, 0.15) is 5.56 Å². The SMILES string of the molecule is O=S(=O)(/C=C/c1ccccc1)N1CCN(c2ccc(OC(F)F)cn2)CC1. The van der Waals surface area contributed by atoms with Crippen molar-refractivity contribution in [2.75, 3.05) is 31.1 Å². The van der Waals surface area contributed by atoms with Gasteiger partial charge in [-0.3, -0.25) is 0 Å². The number of halogens is 2. The van der Waals surface area contributed by atoms with E-state index in [1.54, 1.807) is 12.1 Å². The van der Waals surface area contributed by atoms with Crippen LogP contribution in [0.2, 0.25) is 0 Å². The van der Waals surface area contributed by atoms with E-state index in [1.165, 1.54) is 22.0 Å². The van der Waals surface area contributed by atoms with Gasteiger partial charge in [-0.1, -0.05) is 30.3 Å². The van der Waals surface area contributed by atoms with Crippen LogP contribution in [0.15, 0.2) is 54.1 Å². The minimum atomic E-state index is -3.50. The Hall–Kier alpha value is -2.52. The van der Waals surface area contributed by atoms with E-state index in [0.29, 0.717) is 32.0 Å². The molecule has 1 aromatic heterocycles. The van der Waals surface area contributed by atoms with Gasteiger partial charge in [-0.2, -0.15) is 13.1 Å². The summed E-state index contributed by atoms with van der Waals surface area (Å²) in [5, 5.41) is 1.21. The third-order valence-electron chi connectivity index (χ3n) is 4.10. The lowest BCUT2D eigenvalue weighted by Crippen LogP contribution is -2.48. The van der Waals surface area contributed by atoms with Crippen molar-refractivity contribution in [3.8, 4) is 5.75 Å². The second-order valence-corrected chi connectivity index (χ2v) is 7.69. The number of hydrogen-bond acceptors (Lipinski definition) is 5. The van der Waals surface area contributed by atoms with Gasteiger partial charge in [0.05, 0.1) is 6.20 Å². The third-order valence-corrected chi connectivity index (χ3v) is 5.67. The molecular formula is C18H19F2N3O3S. The van der Waals surface area contributed by atoms with Gasteiger partial charge in [-0.25, -0.2) is 13.4 Å². The van der Waals surface area contributed by atoms with Gasteiger partial charge in [-0.15, -0.1) is 0 Å². The molecule has 0 N–H and O–H groups in total. The lowest BCUT2D eigenvalue weighted by Gasteiger charge is -2.34. The summed E-state index contributed by atoms with van der Waals surface area (Å²) < 4.78 is 55.0. The number of alkyl halides is 2. The number of sulfonamides is 1. The van der Waals surface area contributed by atoms with Crippen LogP contribution in [-0.4, -0.2) is 50.5 Å². The molecule has 6 nitrogen and oxygen atoms in total. The number of nitrogens with zero attached hydrogens (tertiary/aromatic N) is 3. The standard InChI is InChI=1S/C18H19F2N3O3S/c19-18(20)26-16-6-7-17(21-14-16)22-9-11-23(12-10-22)27(24,25)13-8-15-4-2-1-3-5-15/h1-8,13-14,18H,9-12H2/b13-8+. The average molecular weight is 395 g/mol. The fraction of sp³-hybridized carbons (Fsp3) is 0.278. The van der Waals surface area contributed by atoms with E-state index in [9.17, 15) is 17.2 Å². The molecule has 2 aromatic rings. The molecule has 144 valence electrons. The Morgan fingerprint density at radius 3 is 2.33 bits per heavy atom. The third kappa shape index (κ3) is 5.24. The molecule has 1 aromatic carbocycles. The Bertz CT molecular complexity index is 866. The summed E-state index contributed by atoms with van der Waals surface area (Å²) in [5.41, 5.74) is 0.815. The van der Waals surface area contributed by atoms with Crippen molar-refractivity contribution in [3.63, 3.8) is 0 Å². The number of rotatable bonds is 6. The molecule has 2 heterocycles. The highest BCUT2D eigenvalue weighted by Gasteiger charge is 2.25. The molecule has 0 atom stereocenters. The average Bonchev–Trinajstić information content (AvgIpc) is 2.68. The highest BCUT2D eigenvalue weighted by Crippen LogP contribution is 2.20. The summed E-state index contributed by atoms with van der Waals surface area (Å²) >= 11 is 0. The van der Waals surface area contributed by atoms with Gasteiger partial charge >= 0.3 is 6.61 Å². The van der Waals surface area contributed by atoms with Gasteiger partial charge < -0.3 is 9.64 Å². The van der Waals surface area contributed by atoms with E-state index < -0.39 is 16.6 Å². The summed E-state index contributed by atoms with van der Waals surface area (Å²) in [6.45, 7) is -1.34. The van der Waals surface area contributed by atoms with Crippen molar-refractivity contribution in [1.82, 2.24) is 9.29 Å². The zero-order valence-electron chi connectivity index (χ0n) is 14.4. The summed E-state index contributed by atoms with van der Waals surface area (Å²) in [5.74, 6) is 0.578. The van der Waals surface area contributed by atoms with Gasteiger partial charge in [0.15, 0.2) is 0 Å². The molecule has 0 saturated carbocycles. The first-order valence-corrected chi connectivity index (χ1v) is 9.83. The van der Waals surface area contributed by atoms with Crippen molar-refractivity contribution < 1.29 is 21.9 Å². The largest absolute Gasteiger partial charge is 0.433 e. The maximum Gasteiger partial charge on any atom is 0.387 e. The first kappa shape index (κ1) is 19.2. The van der Waals surface area contributed by atoms with E-state index in [1.807, 2.05) is 35.2 Å². The predicted molar refractivity (Wildman–Crippen MR) is 99.1 cm³/mol. The zero-order chi connectivity index (χ0) is 19.3. The molecule has 1 saturated heterocycles. The molecule has 0 unspecified atom stereocenters. The molecule has 0 amide bonds. The lowest BCUT2D eigenvalue weighted by molar-refractivity contribution is -0.0500.